The lowest BCUT2D eigenvalue weighted by atomic mass is 10.1. The summed E-state index contributed by atoms with van der Waals surface area (Å²) in [6, 6.07) is 20.1. The Morgan fingerprint density at radius 3 is 2.39 bits per heavy atom. The molecule has 0 aliphatic rings. The van der Waals surface area contributed by atoms with E-state index in [-0.39, 0.29) is 0 Å². The van der Waals surface area contributed by atoms with Gasteiger partial charge in [0.1, 0.15) is 10.7 Å². The summed E-state index contributed by atoms with van der Waals surface area (Å²) in [5, 5.41) is 11.3. The van der Waals surface area contributed by atoms with Crippen molar-refractivity contribution in [1.82, 2.24) is 24.9 Å². The van der Waals surface area contributed by atoms with Gasteiger partial charge in [-0.15, -0.1) is 11.3 Å². The second-order valence-electron chi connectivity index (χ2n) is 6.24. The highest BCUT2D eigenvalue weighted by atomic mass is 32.1. The van der Waals surface area contributed by atoms with Crippen LogP contribution < -0.4 is 0 Å². The third-order valence-electron chi connectivity index (χ3n) is 4.43. The first-order chi connectivity index (χ1) is 13.8. The van der Waals surface area contributed by atoms with Crippen LogP contribution >= 0.6 is 11.3 Å². The standard InChI is InChI=1S/C21H15N5OS/c1-26-18(11-12-22-26)20-24-19(25-27-20)15-9-7-14(8-10-15)17-13-28-21(23-17)16-5-3-2-4-6-16/h2-13H,1H3. The maximum Gasteiger partial charge on any atom is 0.276 e. The van der Waals surface area contributed by atoms with Crippen LogP contribution in [0.4, 0.5) is 0 Å². The molecule has 6 nitrogen and oxygen atoms in total. The van der Waals surface area contributed by atoms with Crippen LogP contribution in [-0.4, -0.2) is 24.9 Å². The number of nitrogens with zero attached hydrogens (tertiary/aromatic N) is 5. The second-order valence-corrected chi connectivity index (χ2v) is 7.10. The minimum atomic E-state index is 0.450. The fourth-order valence-electron chi connectivity index (χ4n) is 2.94. The van der Waals surface area contributed by atoms with E-state index in [1.807, 2.05) is 55.6 Å². The maximum atomic E-state index is 5.38. The van der Waals surface area contributed by atoms with Crippen molar-refractivity contribution in [2.45, 2.75) is 0 Å². The van der Waals surface area contributed by atoms with E-state index in [9.17, 15) is 0 Å². The van der Waals surface area contributed by atoms with Crippen molar-refractivity contribution in [1.29, 1.82) is 0 Å². The van der Waals surface area contributed by atoms with E-state index in [0.29, 0.717) is 11.7 Å². The summed E-state index contributed by atoms with van der Waals surface area (Å²) in [5.74, 6) is 0.997. The molecule has 0 amide bonds. The lowest BCUT2D eigenvalue weighted by Gasteiger charge is -1.99. The van der Waals surface area contributed by atoms with Crippen molar-refractivity contribution in [3.05, 3.63) is 72.2 Å². The SMILES string of the molecule is Cn1nccc1-c1nc(-c2ccc(-c3csc(-c4ccccc4)n3)cc2)no1. The number of aryl methyl sites for hydroxylation is 1. The molecule has 0 N–H and O–H groups in total. The molecule has 136 valence electrons. The van der Waals surface area contributed by atoms with Gasteiger partial charge in [-0.05, 0) is 6.07 Å². The predicted octanol–water partition coefficient (Wildman–Crippen LogP) is 4.93. The quantitative estimate of drug-likeness (QED) is 0.439. The third-order valence-corrected chi connectivity index (χ3v) is 5.32. The molecule has 3 aromatic heterocycles. The van der Waals surface area contributed by atoms with Crippen molar-refractivity contribution in [2.24, 2.45) is 7.05 Å². The molecule has 28 heavy (non-hydrogen) atoms. The Kier molecular flexibility index (Phi) is 4.06. The summed E-state index contributed by atoms with van der Waals surface area (Å²) in [4.78, 5) is 9.24. The Bertz CT molecular complexity index is 1220. The van der Waals surface area contributed by atoms with Gasteiger partial charge in [0.25, 0.3) is 5.89 Å². The molecule has 0 atom stereocenters. The summed E-state index contributed by atoms with van der Waals surface area (Å²) in [5.41, 5.74) is 4.81. The van der Waals surface area contributed by atoms with Crippen LogP contribution in [0.3, 0.4) is 0 Å². The highest BCUT2D eigenvalue weighted by Gasteiger charge is 2.14. The lowest BCUT2D eigenvalue weighted by molar-refractivity contribution is 0.428. The first-order valence-electron chi connectivity index (χ1n) is 8.72. The van der Waals surface area contributed by atoms with Crippen molar-refractivity contribution in [3.63, 3.8) is 0 Å². The van der Waals surface area contributed by atoms with Crippen LogP contribution in [0.5, 0.6) is 0 Å². The van der Waals surface area contributed by atoms with Gasteiger partial charge >= 0.3 is 0 Å². The van der Waals surface area contributed by atoms with Gasteiger partial charge in [0.2, 0.25) is 5.82 Å². The van der Waals surface area contributed by atoms with Crippen molar-refractivity contribution in [3.8, 4) is 44.8 Å². The van der Waals surface area contributed by atoms with E-state index in [1.165, 1.54) is 0 Å². The zero-order valence-electron chi connectivity index (χ0n) is 15.0. The fraction of sp³-hybridized carbons (Fsp3) is 0.0476. The number of aromatic nitrogens is 5. The van der Waals surface area contributed by atoms with Crippen molar-refractivity contribution in [2.75, 3.05) is 0 Å². The van der Waals surface area contributed by atoms with Crippen LogP contribution in [0.25, 0.3) is 44.8 Å². The van der Waals surface area contributed by atoms with Crippen LogP contribution in [0.1, 0.15) is 0 Å². The van der Waals surface area contributed by atoms with Gasteiger partial charge in [-0.1, -0.05) is 59.8 Å². The normalized spacial score (nSPS) is 11.0. The molecule has 0 saturated heterocycles. The molecule has 0 fully saturated rings. The zero-order valence-corrected chi connectivity index (χ0v) is 15.8. The van der Waals surface area contributed by atoms with Crippen LogP contribution in [0, 0.1) is 0 Å². The van der Waals surface area contributed by atoms with Gasteiger partial charge in [0.05, 0.1) is 5.69 Å². The molecule has 0 spiro atoms. The minimum absolute atomic E-state index is 0.450. The molecule has 7 heteroatoms. The molecular weight excluding hydrogens is 370 g/mol. The number of benzene rings is 2. The summed E-state index contributed by atoms with van der Waals surface area (Å²) >= 11 is 1.64. The Balaban J connectivity index is 1.40. The van der Waals surface area contributed by atoms with E-state index >= 15 is 0 Å². The average molecular weight is 385 g/mol. The van der Waals surface area contributed by atoms with E-state index in [0.717, 1.165) is 33.1 Å². The molecule has 3 heterocycles. The molecule has 5 aromatic rings. The Morgan fingerprint density at radius 2 is 1.64 bits per heavy atom. The van der Waals surface area contributed by atoms with Crippen molar-refractivity contribution < 1.29 is 4.52 Å². The second kappa shape index (κ2) is 6.86. The number of hydrogen-bond acceptors (Lipinski definition) is 6. The molecule has 0 aliphatic heterocycles. The van der Waals surface area contributed by atoms with E-state index in [4.69, 9.17) is 9.51 Å². The smallest absolute Gasteiger partial charge is 0.276 e. The van der Waals surface area contributed by atoms with Gasteiger partial charge < -0.3 is 4.52 Å². The summed E-state index contributed by atoms with van der Waals surface area (Å²) in [6.07, 6.45) is 1.70. The first kappa shape index (κ1) is 16.6. The van der Waals surface area contributed by atoms with Gasteiger partial charge in [-0.25, -0.2) is 4.98 Å². The first-order valence-corrected chi connectivity index (χ1v) is 9.60. The van der Waals surface area contributed by atoms with Crippen LogP contribution in [0.15, 0.2) is 76.8 Å². The number of hydrogen-bond donors (Lipinski definition) is 0. The van der Waals surface area contributed by atoms with Gasteiger partial charge in [-0.2, -0.15) is 10.1 Å². The molecule has 2 aromatic carbocycles. The van der Waals surface area contributed by atoms with Crippen LogP contribution in [-0.2, 0) is 7.05 Å². The van der Waals surface area contributed by atoms with E-state index in [2.05, 4.69) is 32.8 Å². The monoisotopic (exact) mass is 385 g/mol. The van der Waals surface area contributed by atoms with E-state index < -0.39 is 0 Å². The summed E-state index contributed by atoms with van der Waals surface area (Å²) in [6.45, 7) is 0. The van der Waals surface area contributed by atoms with Crippen LogP contribution in [0.2, 0.25) is 0 Å². The number of thiazole rings is 1. The number of rotatable bonds is 4. The molecule has 5 rings (SSSR count). The maximum absolute atomic E-state index is 5.38. The minimum Gasteiger partial charge on any atom is -0.332 e. The molecule has 0 saturated carbocycles. The molecule has 0 unspecified atom stereocenters. The largest absolute Gasteiger partial charge is 0.332 e. The highest BCUT2D eigenvalue weighted by molar-refractivity contribution is 7.13. The zero-order chi connectivity index (χ0) is 18.9. The highest BCUT2D eigenvalue weighted by Crippen LogP contribution is 2.30. The molecule has 0 radical (unpaired) electrons. The van der Waals surface area contributed by atoms with Gasteiger partial charge in [-0.3, -0.25) is 4.68 Å². The summed E-state index contributed by atoms with van der Waals surface area (Å²) in [7, 11) is 1.84. The van der Waals surface area contributed by atoms with Crippen molar-refractivity contribution >= 4 is 11.3 Å². The molecule has 0 bridgehead atoms. The Morgan fingerprint density at radius 1 is 0.857 bits per heavy atom. The summed E-state index contributed by atoms with van der Waals surface area (Å²) < 4.78 is 7.08. The lowest BCUT2D eigenvalue weighted by Crippen LogP contribution is -1.93. The molecular formula is C21H15N5OS. The average Bonchev–Trinajstić information content (AvgIpc) is 3.49. The Hall–Kier alpha value is -3.58. The van der Waals surface area contributed by atoms with Gasteiger partial charge in [0, 0.05) is 35.3 Å². The fourth-order valence-corrected chi connectivity index (χ4v) is 3.77. The predicted molar refractivity (Wildman–Crippen MR) is 108 cm³/mol. The topological polar surface area (TPSA) is 69.6 Å². The third kappa shape index (κ3) is 3.01. The van der Waals surface area contributed by atoms with Gasteiger partial charge in [0.15, 0.2) is 0 Å². The molecule has 0 aliphatic carbocycles. The Labute approximate surface area is 165 Å². The van der Waals surface area contributed by atoms with E-state index in [1.54, 1.807) is 22.2 Å².